The lowest BCUT2D eigenvalue weighted by molar-refractivity contribution is -0.116. The van der Waals surface area contributed by atoms with Crippen molar-refractivity contribution >= 4 is 46.6 Å². The molecular weight excluding hydrogens is 528 g/mol. The van der Waals surface area contributed by atoms with Crippen LogP contribution in [0, 0.1) is 5.82 Å². The summed E-state index contributed by atoms with van der Waals surface area (Å²) in [6.07, 6.45) is 1.56. The Balaban J connectivity index is 1.55. The first-order valence-corrected chi connectivity index (χ1v) is 12.8. The number of hydrogen-bond donors (Lipinski definition) is 2. The van der Waals surface area contributed by atoms with E-state index in [0.717, 1.165) is 12.0 Å². The lowest BCUT2D eigenvalue weighted by Gasteiger charge is -2.22. The van der Waals surface area contributed by atoms with Gasteiger partial charge in [-0.3, -0.25) is 4.79 Å². The van der Waals surface area contributed by atoms with Crippen molar-refractivity contribution in [1.82, 2.24) is 14.7 Å². The lowest BCUT2D eigenvalue weighted by atomic mass is 10.1. The van der Waals surface area contributed by atoms with Gasteiger partial charge in [-0.1, -0.05) is 66.9 Å². The van der Waals surface area contributed by atoms with Crippen LogP contribution in [0.15, 0.2) is 78.9 Å². The summed E-state index contributed by atoms with van der Waals surface area (Å²) < 4.78 is 15.1. The molecule has 7 nitrogen and oxygen atoms in total. The zero-order valence-electron chi connectivity index (χ0n) is 20.6. The van der Waals surface area contributed by atoms with Crippen LogP contribution >= 0.6 is 23.2 Å². The summed E-state index contributed by atoms with van der Waals surface area (Å²) in [7, 11) is 0. The van der Waals surface area contributed by atoms with Crippen molar-refractivity contribution in [1.29, 1.82) is 0 Å². The molecule has 0 atom stereocenters. The Bertz CT molecular complexity index is 1410. The molecule has 0 bridgehead atoms. The van der Waals surface area contributed by atoms with E-state index in [1.54, 1.807) is 36.4 Å². The number of benzene rings is 3. The Morgan fingerprint density at radius 2 is 1.68 bits per heavy atom. The van der Waals surface area contributed by atoms with Crippen LogP contribution in [0.2, 0.25) is 10.0 Å². The minimum absolute atomic E-state index is 0.192. The number of halogens is 3. The molecule has 0 saturated carbocycles. The number of hydrogen-bond acceptors (Lipinski definition) is 3. The van der Waals surface area contributed by atoms with E-state index < -0.39 is 11.9 Å². The van der Waals surface area contributed by atoms with Crippen LogP contribution in [0.25, 0.3) is 16.9 Å². The summed E-state index contributed by atoms with van der Waals surface area (Å²) in [6.45, 7) is 2.19. The summed E-state index contributed by atoms with van der Waals surface area (Å²) in [5.41, 5.74) is 2.53. The first-order chi connectivity index (χ1) is 18.3. The molecule has 1 heterocycles. The summed E-state index contributed by atoms with van der Waals surface area (Å²) in [4.78, 5) is 27.6. The average molecular weight is 554 g/mol. The second kappa shape index (κ2) is 12.6. The van der Waals surface area contributed by atoms with E-state index in [1.807, 2.05) is 37.3 Å². The summed E-state index contributed by atoms with van der Waals surface area (Å²) >= 11 is 12.0. The molecular formula is C28H26Cl2FN5O2. The number of unbranched alkanes of at least 4 members (excludes halogenated alkanes) is 1. The van der Waals surface area contributed by atoms with Gasteiger partial charge in [0.15, 0.2) is 0 Å². The van der Waals surface area contributed by atoms with Crippen molar-refractivity contribution in [3.63, 3.8) is 0 Å². The molecule has 0 radical (unpaired) electrons. The smallest absolute Gasteiger partial charge is 0.315 e. The van der Waals surface area contributed by atoms with Crippen LogP contribution in [-0.4, -0.2) is 39.7 Å². The van der Waals surface area contributed by atoms with Gasteiger partial charge in [0.2, 0.25) is 5.91 Å². The first kappa shape index (κ1) is 27.2. The third kappa shape index (κ3) is 6.90. The summed E-state index contributed by atoms with van der Waals surface area (Å²) in [5, 5.41) is 10.9. The molecule has 4 aromatic rings. The third-order valence-corrected chi connectivity index (χ3v) is 6.43. The van der Waals surface area contributed by atoms with Gasteiger partial charge in [0.05, 0.1) is 21.4 Å². The lowest BCUT2D eigenvalue weighted by Crippen LogP contribution is -2.41. The van der Waals surface area contributed by atoms with Gasteiger partial charge in [-0.05, 0) is 48.9 Å². The Morgan fingerprint density at radius 1 is 0.947 bits per heavy atom. The average Bonchev–Trinajstić information content (AvgIpc) is 3.33. The maximum absolute atomic E-state index is 13.5. The van der Waals surface area contributed by atoms with Gasteiger partial charge >= 0.3 is 6.03 Å². The number of anilines is 2. The predicted octanol–water partition coefficient (Wildman–Crippen LogP) is 7.26. The molecule has 3 amide bonds. The van der Waals surface area contributed by atoms with Crippen LogP contribution in [0.3, 0.4) is 0 Å². The standard InChI is InChI=1S/C28H26Cl2FN5O2/c1-2-3-15-35(28(38)32-21-11-14-23(29)24(30)16-21)18-27(37)33-26-17-25(19-7-5-4-6-8-19)34-36(26)22-12-9-20(31)10-13-22/h4-14,16-17H,2-3,15,18H2,1H3,(H,32,38)(H,33,37). The molecule has 0 aliphatic rings. The number of nitrogens with one attached hydrogen (secondary N) is 2. The quantitative estimate of drug-likeness (QED) is 0.229. The monoisotopic (exact) mass is 553 g/mol. The molecule has 0 unspecified atom stereocenters. The molecule has 38 heavy (non-hydrogen) atoms. The Kier molecular flexibility index (Phi) is 8.99. The zero-order valence-corrected chi connectivity index (χ0v) is 22.1. The molecule has 10 heteroatoms. The van der Waals surface area contributed by atoms with Gasteiger partial charge in [-0.25, -0.2) is 13.9 Å². The molecule has 196 valence electrons. The molecule has 2 N–H and O–H groups in total. The van der Waals surface area contributed by atoms with Gasteiger partial charge in [0.1, 0.15) is 18.2 Å². The highest BCUT2D eigenvalue weighted by atomic mass is 35.5. The van der Waals surface area contributed by atoms with Gasteiger partial charge in [0.25, 0.3) is 0 Å². The van der Waals surface area contributed by atoms with E-state index in [9.17, 15) is 14.0 Å². The topological polar surface area (TPSA) is 79.3 Å². The first-order valence-electron chi connectivity index (χ1n) is 12.1. The maximum Gasteiger partial charge on any atom is 0.322 e. The van der Waals surface area contributed by atoms with E-state index in [1.165, 1.54) is 21.7 Å². The zero-order chi connectivity index (χ0) is 27.1. The SMILES string of the molecule is CCCCN(CC(=O)Nc1cc(-c2ccccc2)nn1-c1ccc(F)cc1)C(=O)Nc1ccc(Cl)c(Cl)c1. The van der Waals surface area contributed by atoms with Crippen molar-refractivity contribution in [2.75, 3.05) is 23.7 Å². The molecule has 3 aromatic carbocycles. The molecule has 0 spiro atoms. The summed E-state index contributed by atoms with van der Waals surface area (Å²) in [6, 6.07) is 21.4. The fourth-order valence-corrected chi connectivity index (χ4v) is 4.03. The van der Waals surface area contributed by atoms with Crippen molar-refractivity contribution < 1.29 is 14.0 Å². The van der Waals surface area contributed by atoms with Crippen molar-refractivity contribution in [3.05, 3.63) is 94.7 Å². The predicted molar refractivity (Wildman–Crippen MR) is 150 cm³/mol. The number of aromatic nitrogens is 2. The number of urea groups is 1. The highest BCUT2D eigenvalue weighted by Gasteiger charge is 2.20. The summed E-state index contributed by atoms with van der Waals surface area (Å²) in [5.74, 6) is -0.400. The van der Waals surface area contributed by atoms with Crippen LogP contribution in [-0.2, 0) is 4.79 Å². The fraction of sp³-hybridized carbons (Fsp3) is 0.179. The van der Waals surface area contributed by atoms with Crippen molar-refractivity contribution in [3.8, 4) is 16.9 Å². The highest BCUT2D eigenvalue weighted by molar-refractivity contribution is 6.42. The van der Waals surface area contributed by atoms with E-state index >= 15 is 0 Å². The molecule has 0 aliphatic carbocycles. The molecule has 0 fully saturated rings. The fourth-order valence-electron chi connectivity index (χ4n) is 3.73. The van der Waals surface area contributed by atoms with Gasteiger partial charge in [0, 0.05) is 23.9 Å². The van der Waals surface area contributed by atoms with Crippen LogP contribution < -0.4 is 10.6 Å². The van der Waals surface area contributed by atoms with Crippen LogP contribution in [0.4, 0.5) is 20.7 Å². The van der Waals surface area contributed by atoms with Crippen molar-refractivity contribution in [2.24, 2.45) is 0 Å². The third-order valence-electron chi connectivity index (χ3n) is 5.69. The number of carbonyl (C=O) groups is 2. The maximum atomic E-state index is 13.5. The Hall–Kier alpha value is -3.88. The van der Waals surface area contributed by atoms with Gasteiger partial charge in [-0.2, -0.15) is 5.10 Å². The van der Waals surface area contributed by atoms with Gasteiger partial charge < -0.3 is 15.5 Å². The Labute approximate surface area is 230 Å². The van der Waals surface area contributed by atoms with E-state index in [0.29, 0.717) is 45.9 Å². The molecule has 0 aliphatic heterocycles. The van der Waals surface area contributed by atoms with E-state index in [2.05, 4.69) is 15.7 Å². The van der Waals surface area contributed by atoms with Crippen molar-refractivity contribution in [2.45, 2.75) is 19.8 Å². The number of nitrogens with zero attached hydrogens (tertiary/aromatic N) is 3. The van der Waals surface area contributed by atoms with Gasteiger partial charge in [-0.15, -0.1) is 0 Å². The largest absolute Gasteiger partial charge is 0.322 e. The van der Waals surface area contributed by atoms with Crippen LogP contribution in [0.1, 0.15) is 19.8 Å². The Morgan fingerprint density at radius 3 is 2.37 bits per heavy atom. The molecule has 1 aromatic heterocycles. The second-order valence-corrected chi connectivity index (χ2v) is 9.37. The number of amides is 3. The number of rotatable bonds is 9. The van der Waals surface area contributed by atoms with E-state index in [-0.39, 0.29) is 12.4 Å². The molecule has 4 rings (SSSR count). The minimum Gasteiger partial charge on any atom is -0.315 e. The molecule has 0 saturated heterocycles. The highest BCUT2D eigenvalue weighted by Crippen LogP contribution is 2.26. The second-order valence-electron chi connectivity index (χ2n) is 8.55. The minimum atomic E-state index is -0.441. The number of carbonyl (C=O) groups excluding carboxylic acids is 2. The van der Waals surface area contributed by atoms with E-state index in [4.69, 9.17) is 23.2 Å². The normalized spacial score (nSPS) is 10.7. The van der Waals surface area contributed by atoms with Crippen LogP contribution in [0.5, 0.6) is 0 Å².